The molecule has 0 spiro atoms. The number of hydrogen-bond acceptors (Lipinski definition) is 9. The van der Waals surface area contributed by atoms with Crippen molar-refractivity contribution in [2.75, 3.05) is 19.7 Å². The highest BCUT2D eigenvalue weighted by molar-refractivity contribution is 5.92. The summed E-state index contributed by atoms with van der Waals surface area (Å²) >= 11 is 0. The van der Waals surface area contributed by atoms with Gasteiger partial charge in [0.2, 0.25) is 0 Å². The second kappa shape index (κ2) is 9.23. The molecule has 0 aromatic heterocycles. The number of benzene rings is 1. The molecule has 9 nitrogen and oxygen atoms in total. The third-order valence-corrected chi connectivity index (χ3v) is 6.13. The molecule has 1 aromatic rings. The van der Waals surface area contributed by atoms with Crippen LogP contribution in [0.15, 0.2) is 24.3 Å². The molecule has 2 heterocycles. The van der Waals surface area contributed by atoms with Gasteiger partial charge < -0.3 is 24.4 Å². The van der Waals surface area contributed by atoms with Crippen LogP contribution in [-0.2, 0) is 23.8 Å². The smallest absolute Gasteiger partial charge is 0.342 e. The predicted octanol–water partition coefficient (Wildman–Crippen LogP) is 1.26. The van der Waals surface area contributed by atoms with Gasteiger partial charge in [0.15, 0.2) is 5.60 Å². The molecular formula is C22H29NO8. The number of carbonyl (C=O) groups is 3. The Balaban J connectivity index is 1.60. The monoisotopic (exact) mass is 435 g/mol. The minimum Gasteiger partial charge on any atom is -0.507 e. The van der Waals surface area contributed by atoms with Gasteiger partial charge in [0, 0.05) is 19.4 Å². The molecule has 2 aliphatic heterocycles. The van der Waals surface area contributed by atoms with Gasteiger partial charge in [0.05, 0.1) is 12.6 Å². The second-order valence-electron chi connectivity index (χ2n) is 8.32. The largest absolute Gasteiger partial charge is 0.507 e. The maximum atomic E-state index is 12.5. The van der Waals surface area contributed by atoms with Crippen LogP contribution in [0.2, 0.25) is 0 Å². The van der Waals surface area contributed by atoms with Gasteiger partial charge in [-0.25, -0.2) is 9.59 Å². The van der Waals surface area contributed by atoms with Crippen LogP contribution in [0.3, 0.4) is 0 Å². The van der Waals surface area contributed by atoms with Crippen molar-refractivity contribution >= 4 is 17.9 Å². The first-order valence-corrected chi connectivity index (χ1v) is 10.4. The first-order valence-electron chi connectivity index (χ1n) is 10.4. The van der Waals surface area contributed by atoms with E-state index >= 15 is 0 Å². The Morgan fingerprint density at radius 3 is 2.58 bits per heavy atom. The summed E-state index contributed by atoms with van der Waals surface area (Å²) in [6, 6.07) is 6.10. The number of phenolic OH excluding ortho intramolecular Hbond substituents is 1. The molecule has 0 bridgehead atoms. The molecule has 2 fully saturated rings. The molecule has 0 aliphatic carbocycles. The van der Waals surface area contributed by atoms with Crippen molar-refractivity contribution in [3.8, 4) is 5.75 Å². The number of aliphatic hydroxyl groups is 1. The van der Waals surface area contributed by atoms with E-state index < -0.39 is 35.7 Å². The maximum absolute atomic E-state index is 12.5. The molecule has 1 aromatic carbocycles. The first kappa shape index (κ1) is 23.0. The summed E-state index contributed by atoms with van der Waals surface area (Å²) in [5, 5.41) is 20.3. The first-order chi connectivity index (χ1) is 14.6. The van der Waals surface area contributed by atoms with Crippen molar-refractivity contribution in [3.63, 3.8) is 0 Å². The van der Waals surface area contributed by atoms with E-state index in [0.717, 1.165) is 19.5 Å². The quantitative estimate of drug-likeness (QED) is 0.481. The van der Waals surface area contributed by atoms with Gasteiger partial charge in [-0.05, 0) is 45.4 Å². The summed E-state index contributed by atoms with van der Waals surface area (Å²) < 4.78 is 16.0. The van der Waals surface area contributed by atoms with Gasteiger partial charge in [-0.2, -0.15) is 0 Å². The number of hydrogen-bond donors (Lipinski definition) is 2. The Labute approximate surface area is 180 Å². The molecule has 0 amide bonds. The minimum atomic E-state index is -1.98. The zero-order chi connectivity index (χ0) is 22.8. The molecular weight excluding hydrogens is 406 g/mol. The van der Waals surface area contributed by atoms with Crippen LogP contribution in [0.4, 0.5) is 0 Å². The molecule has 5 atom stereocenters. The lowest BCUT2D eigenvalue weighted by atomic mass is 9.96. The molecule has 2 aliphatic rings. The van der Waals surface area contributed by atoms with Crippen molar-refractivity contribution in [2.24, 2.45) is 5.92 Å². The molecule has 2 saturated heterocycles. The average Bonchev–Trinajstić information content (AvgIpc) is 3.29. The number of aromatic hydroxyl groups is 1. The summed E-state index contributed by atoms with van der Waals surface area (Å²) in [4.78, 5) is 38.3. The second-order valence-corrected chi connectivity index (χ2v) is 8.32. The lowest BCUT2D eigenvalue weighted by Gasteiger charge is -2.29. The summed E-state index contributed by atoms with van der Waals surface area (Å²) in [7, 11) is 0. The fourth-order valence-electron chi connectivity index (χ4n) is 4.23. The zero-order valence-corrected chi connectivity index (χ0v) is 17.9. The summed E-state index contributed by atoms with van der Waals surface area (Å²) in [6.45, 7) is 5.46. The third kappa shape index (κ3) is 4.99. The van der Waals surface area contributed by atoms with Gasteiger partial charge in [-0.1, -0.05) is 12.1 Å². The summed E-state index contributed by atoms with van der Waals surface area (Å²) in [5.74, 6) is -2.28. The number of phenols is 1. The minimum absolute atomic E-state index is 0.0492. The van der Waals surface area contributed by atoms with Gasteiger partial charge in [-0.15, -0.1) is 0 Å². The highest BCUT2D eigenvalue weighted by Gasteiger charge is 2.47. The zero-order valence-electron chi connectivity index (χ0n) is 17.9. The van der Waals surface area contributed by atoms with Crippen LogP contribution >= 0.6 is 0 Å². The Bertz CT molecular complexity index is 839. The van der Waals surface area contributed by atoms with Crippen molar-refractivity contribution in [3.05, 3.63) is 29.8 Å². The fraction of sp³-hybridized carbons (Fsp3) is 0.591. The van der Waals surface area contributed by atoms with E-state index in [9.17, 15) is 24.6 Å². The van der Waals surface area contributed by atoms with E-state index in [1.54, 1.807) is 12.1 Å². The predicted molar refractivity (Wildman–Crippen MR) is 108 cm³/mol. The Morgan fingerprint density at radius 1 is 1.23 bits per heavy atom. The van der Waals surface area contributed by atoms with Gasteiger partial charge >= 0.3 is 17.9 Å². The molecule has 0 saturated carbocycles. The lowest BCUT2D eigenvalue weighted by Crippen LogP contribution is -2.49. The van der Waals surface area contributed by atoms with E-state index in [1.807, 2.05) is 0 Å². The highest BCUT2D eigenvalue weighted by atomic mass is 16.6. The Kier molecular flexibility index (Phi) is 6.86. The number of ether oxygens (including phenoxy) is 3. The fourth-order valence-corrected chi connectivity index (χ4v) is 4.23. The highest BCUT2D eigenvalue weighted by Crippen LogP contribution is 2.36. The Morgan fingerprint density at radius 2 is 1.90 bits per heavy atom. The standard InChI is InChI=1S/C22H29NO8/c1-13(30-14(2)24)22(3,28)21(27)29-12-15-8-10-23-11-9-18(19(15)23)31-20(26)16-6-4-5-7-17(16)25/h4-7,13,15,18-19,25,28H,8-12H2,1-3H3/t13-,15+,18+,19?,22-/m0/s1. The van der Waals surface area contributed by atoms with Gasteiger partial charge in [0.25, 0.3) is 0 Å². The van der Waals surface area contributed by atoms with Crippen LogP contribution in [0, 0.1) is 5.92 Å². The van der Waals surface area contributed by atoms with Crippen molar-refractivity contribution < 1.29 is 38.8 Å². The lowest BCUT2D eigenvalue weighted by molar-refractivity contribution is -0.183. The molecule has 0 radical (unpaired) electrons. The number of nitrogens with zero attached hydrogens (tertiary/aromatic N) is 1. The molecule has 2 N–H and O–H groups in total. The number of fused-ring (bicyclic) bond motifs is 1. The van der Waals surface area contributed by atoms with Crippen molar-refractivity contribution in [1.82, 2.24) is 4.90 Å². The van der Waals surface area contributed by atoms with E-state index in [0.29, 0.717) is 6.42 Å². The topological polar surface area (TPSA) is 123 Å². The van der Waals surface area contributed by atoms with E-state index in [1.165, 1.54) is 32.9 Å². The molecule has 1 unspecified atom stereocenters. The van der Waals surface area contributed by atoms with Crippen LogP contribution in [0.25, 0.3) is 0 Å². The van der Waals surface area contributed by atoms with Crippen molar-refractivity contribution in [2.45, 2.75) is 57.5 Å². The molecule has 3 rings (SSSR count). The maximum Gasteiger partial charge on any atom is 0.342 e. The van der Waals surface area contributed by atoms with Gasteiger partial charge in [-0.3, -0.25) is 9.69 Å². The molecule has 170 valence electrons. The van der Waals surface area contributed by atoms with Crippen LogP contribution < -0.4 is 0 Å². The van der Waals surface area contributed by atoms with Crippen molar-refractivity contribution in [1.29, 1.82) is 0 Å². The number of carbonyl (C=O) groups excluding carboxylic acids is 3. The molecule has 9 heteroatoms. The summed E-state index contributed by atoms with van der Waals surface area (Å²) in [6.07, 6.45) is -0.0463. The Hall–Kier alpha value is -2.65. The van der Waals surface area contributed by atoms with E-state index in [4.69, 9.17) is 14.2 Å². The number of rotatable bonds is 7. The normalized spacial score (nSPS) is 25.9. The SMILES string of the molecule is CC(=O)O[C@@H](C)[C@](C)(O)C(=O)OC[C@H]1CCN2CC[C@@H](OC(=O)c3ccccc3O)C12. The van der Waals surface area contributed by atoms with Crippen LogP contribution in [-0.4, -0.2) is 76.6 Å². The van der Waals surface area contributed by atoms with Gasteiger partial charge in [0.1, 0.15) is 23.5 Å². The van der Waals surface area contributed by atoms with Crippen LogP contribution in [0.5, 0.6) is 5.75 Å². The van der Waals surface area contributed by atoms with Crippen LogP contribution in [0.1, 0.15) is 44.0 Å². The number of para-hydroxylation sites is 1. The summed E-state index contributed by atoms with van der Waals surface area (Å²) in [5.41, 5.74) is -1.87. The molecule has 31 heavy (non-hydrogen) atoms. The number of esters is 3. The third-order valence-electron chi connectivity index (χ3n) is 6.13. The van der Waals surface area contributed by atoms with E-state index in [-0.39, 0.29) is 29.9 Å². The van der Waals surface area contributed by atoms with E-state index in [2.05, 4.69) is 4.90 Å². The average molecular weight is 435 g/mol.